The molecule has 3 aliphatic heterocycles. The lowest BCUT2D eigenvalue weighted by Crippen LogP contribution is -2.52. The van der Waals surface area contributed by atoms with Gasteiger partial charge in [-0.2, -0.15) is 0 Å². The normalized spacial score (nSPS) is 28.3. The van der Waals surface area contributed by atoms with Crippen LogP contribution in [0.4, 0.5) is 0 Å². The highest BCUT2D eigenvalue weighted by Crippen LogP contribution is 2.31. The van der Waals surface area contributed by atoms with Crippen LogP contribution < -0.4 is 10.1 Å². The van der Waals surface area contributed by atoms with Gasteiger partial charge in [-0.25, -0.2) is 0 Å². The molecule has 0 aliphatic carbocycles. The molecule has 0 aromatic heterocycles. The number of benzene rings is 1. The summed E-state index contributed by atoms with van der Waals surface area (Å²) in [6.45, 7) is 7.83. The van der Waals surface area contributed by atoms with Crippen molar-refractivity contribution in [2.45, 2.75) is 51.8 Å². The number of piperidine rings is 2. The maximum Gasteiger partial charge on any atom is 0.255 e. The van der Waals surface area contributed by atoms with Crippen molar-refractivity contribution in [1.29, 1.82) is 0 Å². The first-order valence-corrected chi connectivity index (χ1v) is 10.1. The van der Waals surface area contributed by atoms with Crippen molar-refractivity contribution in [3.8, 4) is 5.75 Å². The Kier molecular flexibility index (Phi) is 5.10. The van der Waals surface area contributed by atoms with Gasteiger partial charge in [0.25, 0.3) is 5.91 Å². The first kappa shape index (κ1) is 18.9. The summed E-state index contributed by atoms with van der Waals surface area (Å²) in [4.78, 5) is 40.3. The molecule has 3 heterocycles. The quantitative estimate of drug-likeness (QED) is 0.796. The average Bonchev–Trinajstić information content (AvgIpc) is 2.97. The predicted molar refractivity (Wildman–Crippen MR) is 103 cm³/mol. The lowest BCUT2D eigenvalue weighted by molar-refractivity contribution is -0.136. The van der Waals surface area contributed by atoms with Crippen LogP contribution in [0.1, 0.15) is 49.0 Å². The number of nitrogens with one attached hydrogen (secondary N) is 1. The third kappa shape index (κ3) is 3.63. The second-order valence-electron chi connectivity index (χ2n) is 8.15. The molecule has 150 valence electrons. The molecular formula is C21H27N3O4. The van der Waals surface area contributed by atoms with Crippen LogP contribution in [0.15, 0.2) is 18.2 Å². The Hall–Kier alpha value is -2.41. The number of nitrogens with zero attached hydrogens (tertiary/aromatic N) is 2. The summed E-state index contributed by atoms with van der Waals surface area (Å²) in [5, 5.41) is 2.33. The number of hydrogen-bond acceptors (Lipinski definition) is 5. The van der Waals surface area contributed by atoms with E-state index < -0.39 is 6.04 Å². The minimum atomic E-state index is -0.584. The highest BCUT2D eigenvalue weighted by atomic mass is 16.5. The maximum absolute atomic E-state index is 12.8. The molecule has 1 N–H and O–H groups in total. The number of ether oxygens (including phenoxy) is 1. The van der Waals surface area contributed by atoms with Gasteiger partial charge in [-0.3, -0.25) is 24.6 Å². The molecule has 1 aromatic rings. The molecule has 7 nitrogen and oxygen atoms in total. The third-order valence-corrected chi connectivity index (χ3v) is 5.94. The summed E-state index contributed by atoms with van der Waals surface area (Å²) in [6.07, 6.45) is 1.80. The summed E-state index contributed by atoms with van der Waals surface area (Å²) in [5.41, 5.74) is 1.49. The van der Waals surface area contributed by atoms with Crippen LogP contribution in [0.25, 0.3) is 0 Å². The number of carbonyl (C=O) groups is 3. The Labute approximate surface area is 165 Å². The fourth-order valence-electron chi connectivity index (χ4n) is 4.56. The maximum atomic E-state index is 12.8. The summed E-state index contributed by atoms with van der Waals surface area (Å²) in [6, 6.07) is 4.98. The second-order valence-corrected chi connectivity index (χ2v) is 8.15. The van der Waals surface area contributed by atoms with Gasteiger partial charge in [0.1, 0.15) is 17.9 Å². The van der Waals surface area contributed by atoms with E-state index in [9.17, 15) is 14.4 Å². The Morgan fingerprint density at radius 3 is 2.79 bits per heavy atom. The zero-order valence-corrected chi connectivity index (χ0v) is 16.4. The molecule has 3 aliphatic rings. The molecule has 4 rings (SSSR count). The van der Waals surface area contributed by atoms with E-state index in [2.05, 4.69) is 24.1 Å². The van der Waals surface area contributed by atoms with Gasteiger partial charge in [0, 0.05) is 31.6 Å². The molecule has 3 atom stereocenters. The van der Waals surface area contributed by atoms with Crippen molar-refractivity contribution in [1.82, 2.24) is 15.1 Å². The summed E-state index contributed by atoms with van der Waals surface area (Å²) < 4.78 is 6.24. The van der Waals surface area contributed by atoms with E-state index in [-0.39, 0.29) is 30.2 Å². The Morgan fingerprint density at radius 1 is 1.21 bits per heavy atom. The highest BCUT2D eigenvalue weighted by Gasteiger charge is 2.39. The van der Waals surface area contributed by atoms with Crippen molar-refractivity contribution in [3.05, 3.63) is 29.3 Å². The van der Waals surface area contributed by atoms with Gasteiger partial charge >= 0.3 is 0 Å². The minimum absolute atomic E-state index is 0.144. The summed E-state index contributed by atoms with van der Waals surface area (Å²) in [7, 11) is 0. The first-order valence-electron chi connectivity index (χ1n) is 10.1. The molecule has 3 amide bonds. The molecule has 1 aromatic carbocycles. The largest absolute Gasteiger partial charge is 0.489 e. The number of hydrogen-bond donors (Lipinski definition) is 1. The monoisotopic (exact) mass is 385 g/mol. The van der Waals surface area contributed by atoms with Crippen molar-refractivity contribution in [3.63, 3.8) is 0 Å². The number of amides is 3. The van der Waals surface area contributed by atoms with E-state index in [1.807, 2.05) is 12.1 Å². The smallest absolute Gasteiger partial charge is 0.255 e. The minimum Gasteiger partial charge on any atom is -0.489 e. The molecule has 0 spiro atoms. The van der Waals surface area contributed by atoms with Crippen LogP contribution in [0, 0.1) is 5.92 Å². The number of fused-ring (bicyclic) bond motifs is 1. The molecule has 0 radical (unpaired) electrons. The first-order chi connectivity index (χ1) is 13.4. The van der Waals surface area contributed by atoms with Gasteiger partial charge in [-0.15, -0.1) is 0 Å². The fourth-order valence-corrected chi connectivity index (χ4v) is 4.56. The van der Waals surface area contributed by atoms with Crippen LogP contribution in [-0.2, 0) is 16.1 Å². The number of likely N-dealkylation sites (tertiary alicyclic amines) is 1. The lowest BCUT2D eigenvalue weighted by atomic mass is 9.98. The number of rotatable bonds is 4. The van der Waals surface area contributed by atoms with Gasteiger partial charge in [0.15, 0.2) is 0 Å². The topological polar surface area (TPSA) is 79.0 Å². The van der Waals surface area contributed by atoms with E-state index >= 15 is 0 Å². The average molecular weight is 385 g/mol. The van der Waals surface area contributed by atoms with Gasteiger partial charge in [0.2, 0.25) is 11.8 Å². The summed E-state index contributed by atoms with van der Waals surface area (Å²) in [5.74, 6) is 0.553. The fraction of sp³-hybridized carbons (Fsp3) is 0.571. The van der Waals surface area contributed by atoms with Gasteiger partial charge in [-0.1, -0.05) is 13.8 Å². The van der Waals surface area contributed by atoms with Crippen LogP contribution in [0.3, 0.4) is 0 Å². The van der Waals surface area contributed by atoms with Gasteiger partial charge < -0.3 is 9.64 Å². The van der Waals surface area contributed by atoms with E-state index in [0.29, 0.717) is 24.4 Å². The Morgan fingerprint density at radius 2 is 2.04 bits per heavy atom. The Balaban J connectivity index is 1.46. The second kappa shape index (κ2) is 7.54. The van der Waals surface area contributed by atoms with Crippen LogP contribution in [0.2, 0.25) is 0 Å². The molecule has 28 heavy (non-hydrogen) atoms. The molecule has 2 saturated heterocycles. The van der Waals surface area contributed by atoms with Crippen molar-refractivity contribution >= 4 is 17.7 Å². The molecule has 2 fully saturated rings. The van der Waals surface area contributed by atoms with Crippen LogP contribution in [0.5, 0.6) is 5.75 Å². The number of carbonyl (C=O) groups excluding carboxylic acids is 3. The van der Waals surface area contributed by atoms with Crippen molar-refractivity contribution in [2.75, 3.05) is 19.6 Å². The standard InChI is InChI=1S/C21H27N3O4/c1-3-23-10-13(2)8-16(12-23)28-15-4-5-17-14(9-15)11-24(21(17)27)18-6-7-19(25)22-20(18)26/h4-5,9,13,16,18H,3,6-8,10-12H2,1-2H3,(H,22,25,26)/t13-,16-,18-/m1/s1. The predicted octanol–water partition coefficient (Wildman–Crippen LogP) is 1.56. The molecule has 0 saturated carbocycles. The van der Waals surface area contributed by atoms with Gasteiger partial charge in [-0.05, 0) is 49.1 Å². The molecule has 0 bridgehead atoms. The van der Waals surface area contributed by atoms with Crippen LogP contribution >= 0.6 is 0 Å². The van der Waals surface area contributed by atoms with Crippen molar-refractivity contribution < 1.29 is 19.1 Å². The van der Waals surface area contributed by atoms with E-state index in [0.717, 1.165) is 37.4 Å². The highest BCUT2D eigenvalue weighted by molar-refractivity contribution is 6.05. The van der Waals surface area contributed by atoms with E-state index in [1.54, 1.807) is 11.0 Å². The number of imide groups is 1. The Bertz CT molecular complexity index is 809. The molecular weight excluding hydrogens is 358 g/mol. The van der Waals surface area contributed by atoms with E-state index in [1.165, 1.54) is 0 Å². The van der Waals surface area contributed by atoms with Crippen LogP contribution in [-0.4, -0.2) is 59.3 Å². The molecule has 0 unspecified atom stereocenters. The summed E-state index contributed by atoms with van der Waals surface area (Å²) >= 11 is 0. The third-order valence-electron chi connectivity index (χ3n) is 5.94. The lowest BCUT2D eigenvalue weighted by Gasteiger charge is -2.35. The van der Waals surface area contributed by atoms with E-state index in [4.69, 9.17) is 4.74 Å². The zero-order chi connectivity index (χ0) is 19.8. The van der Waals surface area contributed by atoms with Gasteiger partial charge in [0.05, 0.1) is 0 Å². The number of likely N-dealkylation sites (N-methyl/N-ethyl adjacent to an activating group) is 1. The SMILES string of the molecule is CCN1C[C@H](C)C[C@@H](Oc2ccc3c(c2)CN([C@@H]2CCC(=O)NC2=O)C3=O)C1. The zero-order valence-electron chi connectivity index (χ0n) is 16.4. The molecule has 7 heteroatoms. The van der Waals surface area contributed by atoms with Crippen molar-refractivity contribution in [2.24, 2.45) is 5.92 Å².